The van der Waals surface area contributed by atoms with Gasteiger partial charge in [-0.3, -0.25) is 0 Å². The summed E-state index contributed by atoms with van der Waals surface area (Å²) in [6, 6.07) is 0. The summed E-state index contributed by atoms with van der Waals surface area (Å²) in [5.41, 5.74) is 0.764. The van der Waals surface area contributed by atoms with Gasteiger partial charge in [0.15, 0.2) is 0 Å². The van der Waals surface area contributed by atoms with E-state index in [1.54, 1.807) is 0 Å². The SMILES string of the molecule is CC(P)CP. The van der Waals surface area contributed by atoms with Crippen molar-refractivity contribution in [1.82, 2.24) is 0 Å². The van der Waals surface area contributed by atoms with Crippen LogP contribution in [-0.2, 0) is 0 Å². The van der Waals surface area contributed by atoms with Gasteiger partial charge in [0, 0.05) is 0 Å². The molecule has 0 amide bonds. The molecule has 0 bridgehead atoms. The van der Waals surface area contributed by atoms with Crippen LogP contribution in [0.25, 0.3) is 0 Å². The second kappa shape index (κ2) is 3.07. The largest absolute Gasteiger partial charge is 0.137 e. The molecular formula is C3H10P2. The van der Waals surface area contributed by atoms with Crippen LogP contribution in [0, 0.1) is 0 Å². The van der Waals surface area contributed by atoms with Gasteiger partial charge in [-0.25, -0.2) is 0 Å². The molecule has 0 saturated heterocycles. The average molecular weight is 108 g/mol. The molecule has 3 atom stereocenters. The molecule has 0 nitrogen and oxygen atoms in total. The monoisotopic (exact) mass is 108 g/mol. The van der Waals surface area contributed by atoms with Crippen molar-refractivity contribution in [2.45, 2.75) is 12.6 Å². The first kappa shape index (κ1) is 5.86. The lowest BCUT2D eigenvalue weighted by molar-refractivity contribution is 1.14. The Hall–Kier alpha value is 0.860. The molecule has 0 radical (unpaired) electrons. The average Bonchev–Trinajstić information content (AvgIpc) is 1.38. The zero-order valence-corrected chi connectivity index (χ0v) is 5.75. The van der Waals surface area contributed by atoms with Gasteiger partial charge in [0.05, 0.1) is 0 Å². The van der Waals surface area contributed by atoms with Crippen molar-refractivity contribution in [2.24, 2.45) is 0 Å². The van der Waals surface area contributed by atoms with Crippen LogP contribution in [0.5, 0.6) is 0 Å². The molecule has 0 spiro atoms. The van der Waals surface area contributed by atoms with E-state index in [9.17, 15) is 0 Å². The van der Waals surface area contributed by atoms with E-state index in [1.165, 1.54) is 6.16 Å². The maximum atomic E-state index is 2.71. The molecule has 5 heavy (non-hydrogen) atoms. The van der Waals surface area contributed by atoms with Crippen LogP contribution in [0.15, 0.2) is 0 Å². The predicted octanol–water partition coefficient (Wildman–Crippen LogP) is 1.13. The molecule has 0 aromatic heterocycles. The summed E-state index contributed by atoms with van der Waals surface area (Å²) in [6.07, 6.45) is 1.19. The first-order valence-electron chi connectivity index (χ1n) is 1.73. The molecule has 0 fully saturated rings. The van der Waals surface area contributed by atoms with E-state index in [0.717, 1.165) is 5.66 Å². The highest BCUT2D eigenvalue weighted by atomic mass is 31.0. The molecule has 0 aliphatic carbocycles. The Morgan fingerprint density at radius 2 is 2.00 bits per heavy atom. The summed E-state index contributed by atoms with van der Waals surface area (Å²) in [6.45, 7) is 2.16. The maximum Gasteiger partial charge on any atom is -0.0258 e. The fourth-order valence-corrected chi connectivity index (χ4v) is 0. The Bertz CT molecular complexity index is 18.9. The molecule has 32 valence electrons. The maximum absolute atomic E-state index is 2.71. The predicted molar refractivity (Wildman–Crippen MR) is 33.7 cm³/mol. The van der Waals surface area contributed by atoms with Crippen molar-refractivity contribution in [1.29, 1.82) is 0 Å². The normalized spacial score (nSPS) is 15.0. The van der Waals surface area contributed by atoms with Gasteiger partial charge >= 0.3 is 0 Å². The van der Waals surface area contributed by atoms with Gasteiger partial charge in [-0.15, -0.1) is 18.5 Å². The molecule has 0 saturated carbocycles. The fraction of sp³-hybridized carbons (Fsp3) is 1.00. The summed E-state index contributed by atoms with van der Waals surface area (Å²) in [5.74, 6) is 0. The molecule has 0 rings (SSSR count). The van der Waals surface area contributed by atoms with E-state index in [4.69, 9.17) is 0 Å². The first-order valence-corrected chi connectivity index (χ1v) is 3.21. The van der Waals surface area contributed by atoms with Crippen LogP contribution < -0.4 is 0 Å². The summed E-state index contributed by atoms with van der Waals surface area (Å²) >= 11 is 0. The van der Waals surface area contributed by atoms with Crippen molar-refractivity contribution in [3.8, 4) is 0 Å². The molecule has 0 heterocycles. The van der Waals surface area contributed by atoms with E-state index in [0.29, 0.717) is 0 Å². The highest BCUT2D eigenvalue weighted by molar-refractivity contribution is 7.22. The Kier molecular flexibility index (Phi) is 3.59. The summed E-state index contributed by atoms with van der Waals surface area (Å²) < 4.78 is 0. The molecule has 0 aliphatic heterocycles. The second-order valence-electron chi connectivity index (χ2n) is 1.21. The third kappa shape index (κ3) is 4.86. The minimum Gasteiger partial charge on any atom is -0.137 e. The highest BCUT2D eigenvalue weighted by Crippen LogP contribution is 1.99. The van der Waals surface area contributed by atoms with E-state index in [2.05, 4.69) is 25.4 Å². The van der Waals surface area contributed by atoms with Gasteiger partial charge in [0.25, 0.3) is 0 Å². The molecule has 0 aliphatic rings. The zero-order valence-electron chi connectivity index (χ0n) is 3.44. The third-order valence-corrected chi connectivity index (χ3v) is 1.93. The van der Waals surface area contributed by atoms with Crippen LogP contribution in [-0.4, -0.2) is 11.8 Å². The van der Waals surface area contributed by atoms with E-state index >= 15 is 0 Å². The van der Waals surface area contributed by atoms with Gasteiger partial charge in [-0.05, 0) is 11.8 Å². The summed E-state index contributed by atoms with van der Waals surface area (Å²) in [5, 5.41) is 0. The minimum atomic E-state index is 0.764. The first-order chi connectivity index (χ1) is 2.27. The van der Waals surface area contributed by atoms with Crippen molar-refractivity contribution in [3.63, 3.8) is 0 Å². The third-order valence-electron chi connectivity index (χ3n) is 0.372. The van der Waals surface area contributed by atoms with Crippen molar-refractivity contribution in [2.75, 3.05) is 6.16 Å². The molecule has 0 aromatic carbocycles. The van der Waals surface area contributed by atoms with Crippen LogP contribution in [0.2, 0.25) is 0 Å². The Labute approximate surface area is 38.1 Å². The fourth-order valence-electron chi connectivity index (χ4n) is 0. The van der Waals surface area contributed by atoms with Crippen LogP contribution in [0.3, 0.4) is 0 Å². The summed E-state index contributed by atoms with van der Waals surface area (Å²) in [4.78, 5) is 0. The van der Waals surface area contributed by atoms with Gasteiger partial charge in [0.1, 0.15) is 0 Å². The van der Waals surface area contributed by atoms with Crippen LogP contribution in [0.4, 0.5) is 0 Å². The molecule has 0 N–H and O–H groups in total. The zero-order chi connectivity index (χ0) is 4.28. The highest BCUT2D eigenvalue weighted by Gasteiger charge is 1.80. The van der Waals surface area contributed by atoms with Gasteiger partial charge in [0.2, 0.25) is 0 Å². The lowest BCUT2D eigenvalue weighted by atomic mass is 10.6. The molecule has 2 heteroatoms. The Balaban J connectivity index is 2.54. The van der Waals surface area contributed by atoms with Crippen molar-refractivity contribution < 1.29 is 0 Å². The second-order valence-corrected chi connectivity index (χ2v) is 2.82. The van der Waals surface area contributed by atoms with Crippen LogP contribution in [0.1, 0.15) is 6.92 Å². The van der Waals surface area contributed by atoms with Gasteiger partial charge < -0.3 is 0 Å². The lowest BCUT2D eigenvalue weighted by Gasteiger charge is -1.90. The number of hydrogen-bond donors (Lipinski definition) is 0. The quantitative estimate of drug-likeness (QED) is 0.441. The van der Waals surface area contributed by atoms with Gasteiger partial charge in [-0.1, -0.05) is 6.92 Å². The van der Waals surface area contributed by atoms with Crippen LogP contribution >= 0.6 is 18.5 Å². The number of hydrogen-bond acceptors (Lipinski definition) is 0. The lowest BCUT2D eigenvalue weighted by Crippen LogP contribution is -1.85. The van der Waals surface area contributed by atoms with E-state index < -0.39 is 0 Å². The van der Waals surface area contributed by atoms with E-state index in [-0.39, 0.29) is 0 Å². The smallest absolute Gasteiger partial charge is 0.0258 e. The topological polar surface area (TPSA) is 0 Å². The Morgan fingerprint density at radius 3 is 2.00 bits per heavy atom. The Morgan fingerprint density at radius 1 is 1.80 bits per heavy atom. The van der Waals surface area contributed by atoms with Crippen molar-refractivity contribution >= 4 is 18.5 Å². The van der Waals surface area contributed by atoms with Gasteiger partial charge in [-0.2, -0.15) is 0 Å². The minimum absolute atomic E-state index is 0.764. The molecule has 0 aromatic rings. The van der Waals surface area contributed by atoms with E-state index in [1.807, 2.05) is 0 Å². The van der Waals surface area contributed by atoms with Crippen molar-refractivity contribution in [3.05, 3.63) is 0 Å². The standard InChI is InChI=1S/C3H10P2/c1-3(5)2-4/h3H,2,4-5H2,1H3. The molecular weight excluding hydrogens is 98.0 g/mol. The molecule has 3 unspecified atom stereocenters. The summed E-state index contributed by atoms with van der Waals surface area (Å²) in [7, 11) is 5.39. The number of rotatable bonds is 1.